The smallest absolute Gasteiger partial charge is 0.142 e. The lowest BCUT2D eigenvalue weighted by Gasteiger charge is -1.96. The van der Waals surface area contributed by atoms with E-state index in [0.717, 1.165) is 0 Å². The molecule has 4 heteroatoms. The van der Waals surface area contributed by atoms with Crippen molar-refractivity contribution in [3.8, 4) is 12.1 Å². The second-order valence-electron chi connectivity index (χ2n) is 2.16. The topological polar surface area (TPSA) is 86.5 Å². The monoisotopic (exact) mass is 158 g/mol. The van der Waals surface area contributed by atoms with Crippen LogP contribution in [-0.2, 0) is 6.54 Å². The predicted molar refractivity (Wildman–Crippen MR) is 41.6 cm³/mol. The Hall–Kier alpha value is -1.91. The van der Waals surface area contributed by atoms with Gasteiger partial charge in [0.2, 0.25) is 0 Å². The quantitative estimate of drug-likeness (QED) is 0.636. The fraction of sp³-hybridized carbons (Fsp3) is 0.125. The zero-order valence-corrected chi connectivity index (χ0v) is 6.28. The minimum absolute atomic E-state index is 0.231. The van der Waals surface area contributed by atoms with Gasteiger partial charge in [-0.15, -0.1) is 0 Å². The Bertz CT molecular complexity index is 337. The van der Waals surface area contributed by atoms with Crippen molar-refractivity contribution in [3.63, 3.8) is 0 Å². The Balaban J connectivity index is 3.24. The number of aromatic nitrogens is 1. The van der Waals surface area contributed by atoms with Gasteiger partial charge in [-0.05, 0) is 12.1 Å². The summed E-state index contributed by atoms with van der Waals surface area (Å²) < 4.78 is 0. The first-order chi connectivity index (χ1) is 5.80. The average Bonchev–Trinajstić information content (AvgIpc) is 2.16. The third-order valence-corrected chi connectivity index (χ3v) is 1.33. The van der Waals surface area contributed by atoms with E-state index < -0.39 is 0 Å². The van der Waals surface area contributed by atoms with Crippen LogP contribution in [0.15, 0.2) is 12.1 Å². The number of nitrogens with two attached hydrogens (primary N) is 1. The third-order valence-electron chi connectivity index (χ3n) is 1.33. The van der Waals surface area contributed by atoms with Crippen molar-refractivity contribution in [2.75, 3.05) is 0 Å². The summed E-state index contributed by atoms with van der Waals surface area (Å²) >= 11 is 0. The molecule has 0 atom stereocenters. The highest BCUT2D eigenvalue weighted by Crippen LogP contribution is 2.03. The second kappa shape index (κ2) is 3.47. The highest BCUT2D eigenvalue weighted by Gasteiger charge is 1.99. The molecule has 0 bridgehead atoms. The number of pyridine rings is 1. The first kappa shape index (κ1) is 8.19. The molecule has 1 aromatic heterocycles. The third kappa shape index (κ3) is 1.57. The minimum Gasteiger partial charge on any atom is -0.325 e. The van der Waals surface area contributed by atoms with Crippen LogP contribution in [0.25, 0.3) is 0 Å². The number of hydrogen-bond donors (Lipinski definition) is 1. The molecule has 4 nitrogen and oxygen atoms in total. The molecule has 0 aromatic carbocycles. The number of nitriles is 2. The molecule has 0 saturated carbocycles. The van der Waals surface area contributed by atoms with Crippen molar-refractivity contribution >= 4 is 0 Å². The van der Waals surface area contributed by atoms with E-state index in [1.54, 1.807) is 6.07 Å². The molecule has 0 amide bonds. The van der Waals surface area contributed by atoms with E-state index in [4.69, 9.17) is 16.3 Å². The molecule has 0 aliphatic rings. The molecule has 0 saturated heterocycles. The summed E-state index contributed by atoms with van der Waals surface area (Å²) in [7, 11) is 0. The predicted octanol–water partition coefficient (Wildman–Crippen LogP) is 0.284. The molecule has 58 valence electrons. The molecule has 1 heterocycles. The van der Waals surface area contributed by atoms with Gasteiger partial charge in [0.15, 0.2) is 0 Å². The molecule has 1 aromatic rings. The maximum atomic E-state index is 8.55. The Labute approximate surface area is 69.9 Å². The molecule has 0 spiro atoms. The molecule has 0 fully saturated rings. The normalized spacial score (nSPS) is 8.58. The van der Waals surface area contributed by atoms with E-state index in [1.165, 1.54) is 6.07 Å². The van der Waals surface area contributed by atoms with Crippen molar-refractivity contribution < 1.29 is 0 Å². The first-order valence-corrected chi connectivity index (χ1v) is 3.31. The van der Waals surface area contributed by atoms with E-state index in [-0.39, 0.29) is 12.2 Å². The molecule has 0 aliphatic heterocycles. The van der Waals surface area contributed by atoms with Crippen molar-refractivity contribution in [1.29, 1.82) is 10.5 Å². The molecule has 0 aliphatic carbocycles. The average molecular weight is 158 g/mol. The van der Waals surface area contributed by atoms with Crippen LogP contribution in [0.3, 0.4) is 0 Å². The summed E-state index contributed by atoms with van der Waals surface area (Å²) in [6, 6.07) is 6.79. The van der Waals surface area contributed by atoms with Gasteiger partial charge in [-0.1, -0.05) is 0 Å². The van der Waals surface area contributed by atoms with Gasteiger partial charge in [-0.2, -0.15) is 10.5 Å². The Morgan fingerprint density at radius 3 is 2.58 bits per heavy atom. The van der Waals surface area contributed by atoms with Gasteiger partial charge in [-0.3, -0.25) is 0 Å². The van der Waals surface area contributed by atoms with Crippen LogP contribution in [0.1, 0.15) is 17.0 Å². The van der Waals surface area contributed by atoms with Gasteiger partial charge in [0.1, 0.15) is 11.8 Å². The molecular weight excluding hydrogens is 152 g/mol. The minimum atomic E-state index is 0.231. The molecule has 1 rings (SSSR count). The Kier molecular flexibility index (Phi) is 2.37. The van der Waals surface area contributed by atoms with Gasteiger partial charge in [-0.25, -0.2) is 4.98 Å². The lowest BCUT2D eigenvalue weighted by molar-refractivity contribution is 0.979. The van der Waals surface area contributed by atoms with Crippen LogP contribution in [-0.4, -0.2) is 4.98 Å². The number of rotatable bonds is 1. The van der Waals surface area contributed by atoms with E-state index in [9.17, 15) is 0 Å². The van der Waals surface area contributed by atoms with Crippen molar-refractivity contribution in [1.82, 2.24) is 4.98 Å². The van der Waals surface area contributed by atoms with Gasteiger partial charge in [0.25, 0.3) is 0 Å². The van der Waals surface area contributed by atoms with Crippen LogP contribution < -0.4 is 5.73 Å². The maximum Gasteiger partial charge on any atom is 0.142 e. The van der Waals surface area contributed by atoms with Gasteiger partial charge in [0, 0.05) is 6.54 Å². The van der Waals surface area contributed by atoms with E-state index in [0.29, 0.717) is 11.3 Å². The zero-order chi connectivity index (χ0) is 8.97. The highest BCUT2D eigenvalue weighted by atomic mass is 14.7. The summed E-state index contributed by atoms with van der Waals surface area (Å²) in [5.74, 6) is 0. The van der Waals surface area contributed by atoms with Crippen molar-refractivity contribution in [3.05, 3.63) is 29.1 Å². The van der Waals surface area contributed by atoms with Crippen molar-refractivity contribution in [2.24, 2.45) is 5.73 Å². The van der Waals surface area contributed by atoms with Crippen LogP contribution in [0, 0.1) is 22.7 Å². The van der Waals surface area contributed by atoms with E-state index in [2.05, 4.69) is 4.98 Å². The van der Waals surface area contributed by atoms with Gasteiger partial charge < -0.3 is 5.73 Å². The lowest BCUT2D eigenvalue weighted by atomic mass is 10.2. The summed E-state index contributed by atoms with van der Waals surface area (Å²) in [6.07, 6.45) is 0. The number of hydrogen-bond acceptors (Lipinski definition) is 4. The van der Waals surface area contributed by atoms with Crippen LogP contribution in [0.2, 0.25) is 0 Å². The lowest BCUT2D eigenvalue weighted by Crippen LogP contribution is -2.01. The summed E-state index contributed by atoms with van der Waals surface area (Å²) in [5.41, 5.74) is 6.53. The summed E-state index contributed by atoms with van der Waals surface area (Å²) in [5, 5.41) is 17.1. The second-order valence-corrected chi connectivity index (χ2v) is 2.16. The first-order valence-electron chi connectivity index (χ1n) is 3.31. The van der Waals surface area contributed by atoms with E-state index >= 15 is 0 Å². The fourth-order valence-electron chi connectivity index (χ4n) is 0.814. The van der Waals surface area contributed by atoms with Crippen LogP contribution in [0.5, 0.6) is 0 Å². The van der Waals surface area contributed by atoms with Crippen LogP contribution in [0.4, 0.5) is 0 Å². The van der Waals surface area contributed by atoms with Gasteiger partial charge >= 0.3 is 0 Å². The summed E-state index contributed by atoms with van der Waals surface area (Å²) in [4.78, 5) is 3.88. The van der Waals surface area contributed by atoms with E-state index in [1.807, 2.05) is 12.1 Å². The number of nitrogens with zero attached hydrogens (tertiary/aromatic N) is 3. The zero-order valence-electron chi connectivity index (χ0n) is 6.28. The molecule has 0 radical (unpaired) electrons. The fourth-order valence-corrected chi connectivity index (χ4v) is 0.814. The SMILES string of the molecule is N#Cc1cc(C#N)nc(CN)c1. The van der Waals surface area contributed by atoms with Crippen molar-refractivity contribution in [2.45, 2.75) is 6.54 Å². The van der Waals surface area contributed by atoms with Gasteiger partial charge in [0.05, 0.1) is 17.3 Å². The molecular formula is C8H6N4. The molecule has 0 unspecified atom stereocenters. The van der Waals surface area contributed by atoms with Crippen LogP contribution >= 0.6 is 0 Å². The molecule has 12 heavy (non-hydrogen) atoms. The maximum absolute atomic E-state index is 8.55. The largest absolute Gasteiger partial charge is 0.325 e. The Morgan fingerprint density at radius 1 is 1.33 bits per heavy atom. The Morgan fingerprint density at radius 2 is 2.08 bits per heavy atom. The highest BCUT2D eigenvalue weighted by molar-refractivity contribution is 5.36. The standard InChI is InChI=1S/C8H6N4/c9-3-6-1-7(4-10)12-8(2-6)5-11/h1-2H,4,10H2. The summed E-state index contributed by atoms with van der Waals surface area (Å²) in [6.45, 7) is 0.240. The molecule has 2 N–H and O–H groups in total.